The Morgan fingerprint density at radius 3 is 2.27 bits per heavy atom. The Hall–Kier alpha value is -1.92. The van der Waals surface area contributed by atoms with Gasteiger partial charge in [-0.15, -0.1) is 0 Å². The van der Waals surface area contributed by atoms with Crippen LogP contribution in [0, 0.1) is 0 Å². The molecule has 7 heteroatoms. The minimum Gasteiger partial charge on any atom is -0.349 e. The predicted molar refractivity (Wildman–Crippen MR) is 51.9 cm³/mol. The van der Waals surface area contributed by atoms with Gasteiger partial charge < -0.3 is 4.90 Å². The van der Waals surface area contributed by atoms with E-state index in [4.69, 9.17) is 0 Å². The van der Waals surface area contributed by atoms with Crippen molar-refractivity contribution in [2.45, 2.75) is 6.42 Å². The zero-order chi connectivity index (χ0) is 11.4. The highest BCUT2D eigenvalue weighted by Crippen LogP contribution is 1.89. The molecule has 1 rings (SSSR count). The zero-order valence-corrected chi connectivity index (χ0v) is 8.53. The first-order valence-electron chi connectivity index (χ1n) is 4.37. The number of aliphatic imine (C=N–C) groups is 1. The Balaban J connectivity index is 2.37. The van der Waals surface area contributed by atoms with E-state index in [0.717, 1.165) is 0 Å². The third-order valence-corrected chi connectivity index (χ3v) is 1.76. The molecule has 0 atom stereocenters. The summed E-state index contributed by atoms with van der Waals surface area (Å²) in [6.07, 6.45) is 0.238. The van der Waals surface area contributed by atoms with Gasteiger partial charge in [-0.3, -0.25) is 30.0 Å². The zero-order valence-electron chi connectivity index (χ0n) is 8.53. The van der Waals surface area contributed by atoms with Gasteiger partial charge in [0.25, 0.3) is 0 Å². The summed E-state index contributed by atoms with van der Waals surface area (Å²) >= 11 is 0. The highest BCUT2D eigenvalue weighted by molar-refractivity contribution is 6.45. The van der Waals surface area contributed by atoms with E-state index < -0.39 is 11.8 Å². The molecule has 0 bridgehead atoms. The molecule has 0 aromatic rings. The van der Waals surface area contributed by atoms with E-state index >= 15 is 0 Å². The fraction of sp³-hybridized carbons (Fsp3) is 0.500. The molecule has 82 valence electrons. The SMILES string of the molecule is CN(C)C(=O)CCN=C1NC(=O)C(=O)N1. The Bertz CT molecular complexity index is 317. The summed E-state index contributed by atoms with van der Waals surface area (Å²) in [4.78, 5) is 37.9. The second kappa shape index (κ2) is 4.54. The topological polar surface area (TPSA) is 90.9 Å². The lowest BCUT2D eigenvalue weighted by Gasteiger charge is -2.08. The van der Waals surface area contributed by atoms with Gasteiger partial charge in [-0.1, -0.05) is 0 Å². The molecule has 0 radical (unpaired) electrons. The normalized spacial score (nSPS) is 14.7. The summed E-state index contributed by atoms with van der Waals surface area (Å²) < 4.78 is 0. The molecule has 0 spiro atoms. The molecule has 0 aromatic carbocycles. The quantitative estimate of drug-likeness (QED) is 0.533. The average molecular weight is 212 g/mol. The maximum atomic E-state index is 11.1. The highest BCUT2D eigenvalue weighted by atomic mass is 16.2. The molecule has 1 fully saturated rings. The van der Waals surface area contributed by atoms with Crippen molar-refractivity contribution in [3.63, 3.8) is 0 Å². The van der Waals surface area contributed by atoms with E-state index in [1.807, 2.05) is 0 Å². The van der Waals surface area contributed by atoms with Crippen molar-refractivity contribution in [2.24, 2.45) is 4.99 Å². The van der Waals surface area contributed by atoms with Crippen molar-refractivity contribution in [1.82, 2.24) is 15.5 Å². The monoisotopic (exact) mass is 212 g/mol. The van der Waals surface area contributed by atoms with Crippen LogP contribution in [0.4, 0.5) is 0 Å². The lowest BCUT2D eigenvalue weighted by atomic mass is 10.4. The van der Waals surface area contributed by atoms with Crippen LogP contribution < -0.4 is 10.6 Å². The number of carbonyl (C=O) groups is 3. The molecule has 1 saturated heterocycles. The maximum absolute atomic E-state index is 11.1. The number of amides is 3. The smallest absolute Gasteiger partial charge is 0.316 e. The van der Waals surface area contributed by atoms with Crippen molar-refractivity contribution < 1.29 is 14.4 Å². The van der Waals surface area contributed by atoms with E-state index in [9.17, 15) is 14.4 Å². The van der Waals surface area contributed by atoms with Crippen molar-refractivity contribution in [3.05, 3.63) is 0 Å². The Kier molecular flexibility index (Phi) is 3.37. The number of guanidine groups is 1. The number of nitrogens with zero attached hydrogens (tertiary/aromatic N) is 2. The van der Waals surface area contributed by atoms with Crippen LogP contribution in [-0.2, 0) is 14.4 Å². The molecule has 1 aliphatic rings. The van der Waals surface area contributed by atoms with Crippen molar-refractivity contribution in [3.8, 4) is 0 Å². The molecule has 0 aromatic heterocycles. The first-order valence-corrected chi connectivity index (χ1v) is 4.37. The van der Waals surface area contributed by atoms with Gasteiger partial charge in [0.05, 0.1) is 6.54 Å². The summed E-state index contributed by atoms with van der Waals surface area (Å²) in [5.41, 5.74) is 0. The third kappa shape index (κ3) is 3.04. The fourth-order valence-corrected chi connectivity index (χ4v) is 0.926. The highest BCUT2D eigenvalue weighted by Gasteiger charge is 2.24. The maximum Gasteiger partial charge on any atom is 0.316 e. The first-order chi connectivity index (χ1) is 7.00. The van der Waals surface area contributed by atoms with Crippen molar-refractivity contribution in [1.29, 1.82) is 0 Å². The molecule has 0 unspecified atom stereocenters. The Morgan fingerprint density at radius 1 is 1.27 bits per heavy atom. The molecule has 7 nitrogen and oxygen atoms in total. The number of carbonyl (C=O) groups excluding carboxylic acids is 3. The molecular formula is C8H12N4O3. The minimum atomic E-state index is -0.729. The summed E-state index contributed by atoms with van der Waals surface area (Å²) in [5.74, 6) is -1.41. The number of hydrogen-bond donors (Lipinski definition) is 2. The van der Waals surface area contributed by atoms with E-state index in [1.54, 1.807) is 14.1 Å². The molecule has 0 aliphatic carbocycles. The van der Waals surface area contributed by atoms with Crippen LogP contribution in [0.25, 0.3) is 0 Å². The van der Waals surface area contributed by atoms with Crippen LogP contribution in [0.5, 0.6) is 0 Å². The molecule has 1 heterocycles. The van der Waals surface area contributed by atoms with E-state index in [2.05, 4.69) is 15.6 Å². The van der Waals surface area contributed by atoms with Crippen molar-refractivity contribution >= 4 is 23.7 Å². The predicted octanol–water partition coefficient (Wildman–Crippen LogP) is -1.93. The largest absolute Gasteiger partial charge is 0.349 e. The van der Waals surface area contributed by atoms with Gasteiger partial charge in [0, 0.05) is 20.5 Å². The van der Waals surface area contributed by atoms with E-state index in [1.165, 1.54) is 4.90 Å². The second-order valence-electron chi connectivity index (χ2n) is 3.18. The lowest BCUT2D eigenvalue weighted by Crippen LogP contribution is -2.27. The number of hydrogen-bond acceptors (Lipinski definition) is 4. The minimum absolute atomic E-state index is 0.0602. The van der Waals surface area contributed by atoms with Crippen LogP contribution in [0.2, 0.25) is 0 Å². The number of rotatable bonds is 3. The van der Waals surface area contributed by atoms with E-state index in [-0.39, 0.29) is 24.8 Å². The van der Waals surface area contributed by atoms with Gasteiger partial charge in [-0.25, -0.2) is 0 Å². The lowest BCUT2D eigenvalue weighted by molar-refractivity contribution is -0.135. The van der Waals surface area contributed by atoms with Gasteiger partial charge in [-0.05, 0) is 0 Å². The molecule has 3 amide bonds. The van der Waals surface area contributed by atoms with Gasteiger partial charge in [0.1, 0.15) is 0 Å². The van der Waals surface area contributed by atoms with Gasteiger partial charge in [-0.2, -0.15) is 0 Å². The second-order valence-corrected chi connectivity index (χ2v) is 3.18. The van der Waals surface area contributed by atoms with Crippen LogP contribution in [0.1, 0.15) is 6.42 Å². The summed E-state index contributed by atoms with van der Waals surface area (Å²) in [6, 6.07) is 0. The molecule has 1 aliphatic heterocycles. The molecule has 15 heavy (non-hydrogen) atoms. The summed E-state index contributed by atoms with van der Waals surface area (Å²) in [7, 11) is 3.29. The molecule has 2 N–H and O–H groups in total. The summed E-state index contributed by atoms with van der Waals surface area (Å²) in [5, 5.41) is 4.46. The first kappa shape index (κ1) is 11.2. The van der Waals surface area contributed by atoms with Crippen LogP contribution in [0.15, 0.2) is 4.99 Å². The Labute approximate surface area is 86.5 Å². The molecular weight excluding hydrogens is 200 g/mol. The standard InChI is InChI=1S/C8H12N4O3/c1-12(2)5(13)3-4-9-8-10-6(14)7(15)11-8/h3-4H2,1-2H3,(H2,9,10,11,14,15). The fourth-order valence-electron chi connectivity index (χ4n) is 0.926. The van der Waals surface area contributed by atoms with Crippen molar-refractivity contribution in [2.75, 3.05) is 20.6 Å². The average Bonchev–Trinajstić information content (AvgIpc) is 2.46. The van der Waals surface area contributed by atoms with Crippen LogP contribution >= 0.6 is 0 Å². The van der Waals surface area contributed by atoms with Crippen LogP contribution in [0.3, 0.4) is 0 Å². The molecule has 0 saturated carbocycles. The van der Waals surface area contributed by atoms with Gasteiger partial charge in [0.15, 0.2) is 0 Å². The van der Waals surface area contributed by atoms with E-state index in [0.29, 0.717) is 0 Å². The Morgan fingerprint density at radius 2 is 1.80 bits per heavy atom. The summed E-state index contributed by atoms with van der Waals surface area (Å²) in [6.45, 7) is 0.229. The third-order valence-electron chi connectivity index (χ3n) is 1.76. The van der Waals surface area contributed by atoms with Gasteiger partial charge >= 0.3 is 11.8 Å². The number of nitrogens with one attached hydrogen (secondary N) is 2. The van der Waals surface area contributed by atoms with Crippen LogP contribution in [-0.4, -0.2) is 49.2 Å². The van der Waals surface area contributed by atoms with Gasteiger partial charge in [0.2, 0.25) is 11.9 Å².